The van der Waals surface area contributed by atoms with Crippen molar-refractivity contribution in [3.8, 4) is 11.3 Å². The standard InChI is InChI=1S/C19H17FN2OS2/c1-2-13-5-3-4-6-16(13)21-18(23)12-25-19-22-17(11-24-19)14-7-9-15(20)10-8-14/h3-11H,2,12H2,1H3,(H,21,23). The minimum Gasteiger partial charge on any atom is -0.325 e. The molecule has 3 nitrogen and oxygen atoms in total. The predicted octanol–water partition coefficient (Wildman–Crippen LogP) is 5.24. The van der Waals surface area contributed by atoms with Crippen LogP contribution in [0.3, 0.4) is 0 Å². The van der Waals surface area contributed by atoms with Crippen LogP contribution in [0, 0.1) is 5.82 Å². The summed E-state index contributed by atoms with van der Waals surface area (Å²) in [7, 11) is 0. The van der Waals surface area contributed by atoms with Gasteiger partial charge in [-0.05, 0) is 42.3 Å². The van der Waals surface area contributed by atoms with Crippen LogP contribution in [0.25, 0.3) is 11.3 Å². The van der Waals surface area contributed by atoms with Gasteiger partial charge in [-0.2, -0.15) is 0 Å². The van der Waals surface area contributed by atoms with Gasteiger partial charge in [0.05, 0.1) is 11.4 Å². The van der Waals surface area contributed by atoms with Crippen molar-refractivity contribution in [1.29, 1.82) is 0 Å². The second kappa shape index (κ2) is 8.27. The summed E-state index contributed by atoms with van der Waals surface area (Å²) in [5.74, 6) is -0.0175. The fourth-order valence-electron chi connectivity index (χ4n) is 2.34. The Kier molecular flexibility index (Phi) is 5.83. The number of thioether (sulfide) groups is 1. The summed E-state index contributed by atoms with van der Waals surface area (Å²) < 4.78 is 13.8. The number of benzene rings is 2. The first-order valence-corrected chi connectivity index (χ1v) is 9.74. The zero-order chi connectivity index (χ0) is 17.6. The van der Waals surface area contributed by atoms with Crippen molar-refractivity contribution < 1.29 is 9.18 Å². The number of aromatic nitrogens is 1. The zero-order valence-corrected chi connectivity index (χ0v) is 15.3. The van der Waals surface area contributed by atoms with Gasteiger partial charge in [-0.15, -0.1) is 11.3 Å². The maximum absolute atomic E-state index is 13.0. The van der Waals surface area contributed by atoms with Gasteiger partial charge < -0.3 is 5.32 Å². The van der Waals surface area contributed by atoms with Crippen LogP contribution in [0.15, 0.2) is 58.3 Å². The number of hydrogen-bond acceptors (Lipinski definition) is 4. The molecule has 1 N–H and O–H groups in total. The van der Waals surface area contributed by atoms with Gasteiger partial charge in [0.2, 0.25) is 5.91 Å². The highest BCUT2D eigenvalue weighted by atomic mass is 32.2. The number of nitrogens with zero attached hydrogens (tertiary/aromatic N) is 1. The lowest BCUT2D eigenvalue weighted by atomic mass is 10.1. The molecule has 0 fully saturated rings. The van der Waals surface area contributed by atoms with E-state index in [9.17, 15) is 9.18 Å². The Balaban J connectivity index is 1.58. The van der Waals surface area contributed by atoms with E-state index in [2.05, 4.69) is 17.2 Å². The van der Waals surface area contributed by atoms with Crippen molar-refractivity contribution >= 4 is 34.7 Å². The van der Waals surface area contributed by atoms with Gasteiger partial charge >= 0.3 is 0 Å². The van der Waals surface area contributed by atoms with Crippen molar-refractivity contribution in [1.82, 2.24) is 4.98 Å². The molecule has 0 aliphatic carbocycles. The van der Waals surface area contributed by atoms with Gasteiger partial charge in [-0.3, -0.25) is 4.79 Å². The van der Waals surface area contributed by atoms with Crippen molar-refractivity contribution in [3.05, 3.63) is 65.3 Å². The van der Waals surface area contributed by atoms with Crippen molar-refractivity contribution in [3.63, 3.8) is 0 Å². The summed E-state index contributed by atoms with van der Waals surface area (Å²) in [6.07, 6.45) is 0.872. The summed E-state index contributed by atoms with van der Waals surface area (Å²) in [6.45, 7) is 2.06. The number of para-hydroxylation sites is 1. The normalized spacial score (nSPS) is 10.6. The molecule has 128 valence electrons. The number of thiazole rings is 1. The highest BCUT2D eigenvalue weighted by molar-refractivity contribution is 8.01. The van der Waals surface area contributed by atoms with Crippen LogP contribution in [0.5, 0.6) is 0 Å². The van der Waals surface area contributed by atoms with Crippen LogP contribution in [-0.2, 0) is 11.2 Å². The van der Waals surface area contributed by atoms with Crippen LogP contribution in [0.1, 0.15) is 12.5 Å². The van der Waals surface area contributed by atoms with Gasteiger partial charge in [0.15, 0.2) is 4.34 Å². The zero-order valence-electron chi connectivity index (χ0n) is 13.7. The van der Waals surface area contributed by atoms with Crippen LogP contribution in [-0.4, -0.2) is 16.6 Å². The molecule has 0 aliphatic heterocycles. The third-order valence-electron chi connectivity index (χ3n) is 3.62. The van der Waals surface area contributed by atoms with Crippen LogP contribution >= 0.6 is 23.1 Å². The maximum atomic E-state index is 13.0. The third kappa shape index (κ3) is 4.67. The molecule has 1 amide bonds. The third-order valence-corrected chi connectivity index (χ3v) is 5.64. The molecule has 3 rings (SSSR count). The monoisotopic (exact) mass is 372 g/mol. The van der Waals surface area contributed by atoms with Gasteiger partial charge in [-0.1, -0.05) is 36.9 Å². The molecule has 6 heteroatoms. The number of aryl methyl sites for hydroxylation is 1. The first-order chi connectivity index (χ1) is 12.2. The fraction of sp³-hybridized carbons (Fsp3) is 0.158. The minimum atomic E-state index is -0.266. The number of carbonyl (C=O) groups is 1. The molecule has 0 radical (unpaired) electrons. The highest BCUT2D eigenvalue weighted by Crippen LogP contribution is 2.28. The molecule has 1 heterocycles. The Hall–Kier alpha value is -2.18. The Labute approximate surface area is 154 Å². The molecular formula is C19H17FN2OS2. The number of carbonyl (C=O) groups excluding carboxylic acids is 1. The van der Waals surface area contributed by atoms with E-state index in [1.54, 1.807) is 12.1 Å². The first-order valence-electron chi connectivity index (χ1n) is 7.87. The van der Waals surface area contributed by atoms with E-state index in [0.717, 1.165) is 33.3 Å². The number of hydrogen-bond donors (Lipinski definition) is 1. The lowest BCUT2D eigenvalue weighted by Gasteiger charge is -2.08. The molecule has 2 aromatic carbocycles. The van der Waals surface area contributed by atoms with E-state index in [1.165, 1.54) is 35.2 Å². The number of nitrogens with one attached hydrogen (secondary N) is 1. The van der Waals surface area contributed by atoms with Crippen LogP contribution < -0.4 is 5.32 Å². The Morgan fingerprint density at radius 2 is 1.96 bits per heavy atom. The molecule has 0 saturated heterocycles. The summed E-state index contributed by atoms with van der Waals surface area (Å²) in [5, 5.41) is 4.87. The number of amides is 1. The number of anilines is 1. The Bertz CT molecular complexity index is 862. The van der Waals surface area contributed by atoms with E-state index in [-0.39, 0.29) is 11.7 Å². The lowest BCUT2D eigenvalue weighted by molar-refractivity contribution is -0.113. The average Bonchev–Trinajstić information content (AvgIpc) is 3.10. The summed E-state index contributed by atoms with van der Waals surface area (Å²) in [6, 6.07) is 14.0. The van der Waals surface area contributed by atoms with Crippen molar-refractivity contribution in [2.75, 3.05) is 11.1 Å². The molecule has 0 spiro atoms. The average molecular weight is 372 g/mol. The quantitative estimate of drug-likeness (QED) is 0.602. The molecular weight excluding hydrogens is 355 g/mol. The highest BCUT2D eigenvalue weighted by Gasteiger charge is 2.10. The van der Waals surface area contributed by atoms with Crippen LogP contribution in [0.2, 0.25) is 0 Å². The summed E-state index contributed by atoms with van der Waals surface area (Å²) in [4.78, 5) is 16.7. The maximum Gasteiger partial charge on any atom is 0.234 e. The smallest absolute Gasteiger partial charge is 0.234 e. The molecule has 25 heavy (non-hydrogen) atoms. The topological polar surface area (TPSA) is 42.0 Å². The first kappa shape index (κ1) is 17.6. The molecule has 0 atom stereocenters. The van der Waals surface area contributed by atoms with Gasteiger partial charge in [-0.25, -0.2) is 9.37 Å². The summed E-state index contributed by atoms with van der Waals surface area (Å²) >= 11 is 2.88. The van der Waals surface area contributed by atoms with E-state index in [0.29, 0.717) is 5.75 Å². The van der Waals surface area contributed by atoms with E-state index < -0.39 is 0 Å². The molecule has 0 unspecified atom stereocenters. The SMILES string of the molecule is CCc1ccccc1NC(=O)CSc1nc(-c2ccc(F)cc2)cs1. The molecule has 1 aromatic heterocycles. The molecule has 3 aromatic rings. The van der Waals surface area contributed by atoms with Gasteiger partial charge in [0.25, 0.3) is 0 Å². The number of rotatable bonds is 6. The molecule has 0 aliphatic rings. The lowest BCUT2D eigenvalue weighted by Crippen LogP contribution is -2.15. The largest absolute Gasteiger partial charge is 0.325 e. The predicted molar refractivity (Wildman–Crippen MR) is 103 cm³/mol. The van der Waals surface area contributed by atoms with Crippen molar-refractivity contribution in [2.24, 2.45) is 0 Å². The minimum absolute atomic E-state index is 0.0515. The second-order valence-corrected chi connectivity index (χ2v) is 7.43. The molecule has 0 bridgehead atoms. The van der Waals surface area contributed by atoms with Crippen LogP contribution in [0.4, 0.5) is 10.1 Å². The number of halogens is 1. The Morgan fingerprint density at radius 1 is 1.20 bits per heavy atom. The van der Waals surface area contributed by atoms with E-state index >= 15 is 0 Å². The Morgan fingerprint density at radius 3 is 2.72 bits per heavy atom. The van der Waals surface area contributed by atoms with E-state index in [1.807, 2.05) is 29.6 Å². The second-order valence-electron chi connectivity index (χ2n) is 5.35. The van der Waals surface area contributed by atoms with Gasteiger partial charge in [0.1, 0.15) is 5.82 Å². The van der Waals surface area contributed by atoms with Crippen molar-refractivity contribution in [2.45, 2.75) is 17.7 Å². The van der Waals surface area contributed by atoms with Gasteiger partial charge in [0, 0.05) is 16.6 Å². The fourth-order valence-corrected chi connectivity index (χ4v) is 3.98. The molecule has 0 saturated carbocycles. The van der Waals surface area contributed by atoms with E-state index in [4.69, 9.17) is 0 Å². The summed E-state index contributed by atoms with van der Waals surface area (Å²) in [5.41, 5.74) is 3.64.